The Hall–Kier alpha value is -1.59. The fraction of sp³-hybridized carbons (Fsp3) is 0.824. The maximum absolute atomic E-state index is 12.2. The van der Waals surface area contributed by atoms with Gasteiger partial charge >= 0.3 is 5.97 Å². The molecule has 23 heavy (non-hydrogen) atoms. The first-order valence-corrected chi connectivity index (χ1v) is 8.77. The van der Waals surface area contributed by atoms with Gasteiger partial charge in [0.25, 0.3) is 0 Å². The molecule has 2 amide bonds. The number of amides is 2. The number of carboxylic acid groups (broad SMARTS) is 1. The molecule has 0 bridgehead atoms. The van der Waals surface area contributed by atoms with Gasteiger partial charge in [0.1, 0.15) is 0 Å². The Morgan fingerprint density at radius 2 is 1.78 bits per heavy atom. The molecule has 6 nitrogen and oxygen atoms in total. The zero-order valence-corrected chi connectivity index (χ0v) is 14.4. The smallest absolute Gasteiger partial charge is 0.308 e. The largest absolute Gasteiger partial charge is 0.481 e. The van der Waals surface area contributed by atoms with Crippen LogP contribution in [0.5, 0.6) is 0 Å². The molecule has 1 heterocycles. The molecule has 0 aromatic heterocycles. The van der Waals surface area contributed by atoms with Crippen LogP contribution in [0.2, 0.25) is 0 Å². The monoisotopic (exact) mass is 326 g/mol. The van der Waals surface area contributed by atoms with Gasteiger partial charge in [-0.05, 0) is 32.1 Å². The van der Waals surface area contributed by atoms with Crippen LogP contribution in [0.1, 0.15) is 58.8 Å². The summed E-state index contributed by atoms with van der Waals surface area (Å²) in [5.41, 5.74) is 0. The van der Waals surface area contributed by atoms with Crippen molar-refractivity contribution in [2.24, 2.45) is 5.92 Å². The highest BCUT2D eigenvalue weighted by atomic mass is 16.4. The number of aliphatic carboxylic acids is 1. The van der Waals surface area contributed by atoms with E-state index in [-0.39, 0.29) is 11.8 Å². The minimum atomic E-state index is -0.826. The van der Waals surface area contributed by atoms with Gasteiger partial charge in [-0.15, -0.1) is 0 Å². The van der Waals surface area contributed by atoms with E-state index in [0.29, 0.717) is 38.8 Å². The van der Waals surface area contributed by atoms with Gasteiger partial charge in [0.2, 0.25) is 11.8 Å². The van der Waals surface area contributed by atoms with Crippen LogP contribution in [0, 0.1) is 5.92 Å². The van der Waals surface area contributed by atoms with Crippen LogP contribution in [0.3, 0.4) is 0 Å². The number of carboxylic acids is 1. The van der Waals surface area contributed by atoms with Crippen molar-refractivity contribution in [2.75, 3.05) is 26.2 Å². The Balaban J connectivity index is 2.35. The zero-order valence-electron chi connectivity index (χ0n) is 14.4. The number of carbonyl (C=O) groups excluding carboxylic acids is 2. The van der Waals surface area contributed by atoms with E-state index in [2.05, 4.69) is 13.8 Å². The second-order valence-electron chi connectivity index (χ2n) is 6.25. The lowest BCUT2D eigenvalue weighted by Crippen LogP contribution is -2.42. The van der Waals surface area contributed by atoms with E-state index in [1.807, 2.05) is 4.90 Å². The van der Waals surface area contributed by atoms with Gasteiger partial charge in [-0.3, -0.25) is 14.4 Å². The first-order chi connectivity index (χ1) is 11.0. The average Bonchev–Trinajstić information content (AvgIpc) is 2.54. The molecule has 0 unspecified atom stereocenters. The first-order valence-electron chi connectivity index (χ1n) is 8.77. The molecule has 0 aromatic rings. The minimum absolute atomic E-state index is 0.0266. The molecule has 1 rings (SSSR count). The Morgan fingerprint density at radius 1 is 1.13 bits per heavy atom. The fourth-order valence-corrected chi connectivity index (χ4v) is 3.01. The zero-order chi connectivity index (χ0) is 17.2. The van der Waals surface area contributed by atoms with Crippen molar-refractivity contribution in [3.8, 4) is 0 Å². The maximum atomic E-state index is 12.2. The highest BCUT2D eigenvalue weighted by Gasteiger charge is 2.27. The molecule has 6 heteroatoms. The minimum Gasteiger partial charge on any atom is -0.481 e. The van der Waals surface area contributed by atoms with Crippen molar-refractivity contribution in [1.82, 2.24) is 9.80 Å². The molecule has 0 aromatic carbocycles. The molecular weight excluding hydrogens is 296 g/mol. The summed E-state index contributed by atoms with van der Waals surface area (Å²) in [4.78, 5) is 38.9. The molecule has 1 atom stereocenters. The second kappa shape index (κ2) is 10.2. The summed E-state index contributed by atoms with van der Waals surface area (Å²) in [5, 5.41) is 9.06. The van der Waals surface area contributed by atoms with Gasteiger partial charge in [0.05, 0.1) is 5.92 Å². The lowest BCUT2D eigenvalue weighted by atomic mass is 9.98. The third kappa shape index (κ3) is 6.59. The molecule has 1 aliphatic heterocycles. The Bertz CT molecular complexity index is 405. The van der Waals surface area contributed by atoms with Crippen molar-refractivity contribution >= 4 is 17.8 Å². The molecule has 0 spiro atoms. The highest BCUT2D eigenvalue weighted by Crippen LogP contribution is 2.18. The quantitative estimate of drug-likeness (QED) is 0.704. The first kappa shape index (κ1) is 19.5. The second-order valence-corrected chi connectivity index (χ2v) is 6.25. The van der Waals surface area contributed by atoms with Crippen LogP contribution in [0.25, 0.3) is 0 Å². The summed E-state index contributed by atoms with van der Waals surface area (Å²) in [6.45, 7) is 6.58. The molecule has 1 N–H and O–H groups in total. The van der Waals surface area contributed by atoms with E-state index in [1.165, 1.54) is 0 Å². The number of hydrogen-bond donors (Lipinski definition) is 1. The van der Waals surface area contributed by atoms with Crippen LogP contribution in [-0.4, -0.2) is 58.9 Å². The molecular formula is C17H30N2O4. The van der Waals surface area contributed by atoms with E-state index in [0.717, 1.165) is 32.4 Å². The summed E-state index contributed by atoms with van der Waals surface area (Å²) in [5.74, 6) is -1.18. The molecule has 1 fully saturated rings. The van der Waals surface area contributed by atoms with Crippen LogP contribution in [0.4, 0.5) is 0 Å². The summed E-state index contributed by atoms with van der Waals surface area (Å²) >= 11 is 0. The summed E-state index contributed by atoms with van der Waals surface area (Å²) in [6, 6.07) is 0. The number of carbonyl (C=O) groups is 3. The molecule has 1 saturated heterocycles. The number of nitrogens with zero attached hydrogens (tertiary/aromatic N) is 2. The van der Waals surface area contributed by atoms with E-state index in [9.17, 15) is 14.4 Å². The van der Waals surface area contributed by atoms with Crippen molar-refractivity contribution in [3.63, 3.8) is 0 Å². The van der Waals surface area contributed by atoms with E-state index < -0.39 is 11.9 Å². The van der Waals surface area contributed by atoms with E-state index in [1.54, 1.807) is 4.90 Å². The van der Waals surface area contributed by atoms with E-state index >= 15 is 0 Å². The number of hydrogen-bond acceptors (Lipinski definition) is 3. The Morgan fingerprint density at radius 3 is 2.35 bits per heavy atom. The third-order valence-electron chi connectivity index (χ3n) is 4.24. The number of likely N-dealkylation sites (tertiary alicyclic amines) is 1. The number of rotatable bonds is 9. The molecule has 132 valence electrons. The van der Waals surface area contributed by atoms with Gasteiger partial charge in [-0.2, -0.15) is 0 Å². The van der Waals surface area contributed by atoms with Crippen molar-refractivity contribution in [3.05, 3.63) is 0 Å². The van der Waals surface area contributed by atoms with Gasteiger partial charge in [0.15, 0.2) is 0 Å². The topological polar surface area (TPSA) is 77.9 Å². The van der Waals surface area contributed by atoms with Crippen LogP contribution in [0.15, 0.2) is 0 Å². The highest BCUT2D eigenvalue weighted by molar-refractivity contribution is 5.80. The van der Waals surface area contributed by atoms with Crippen molar-refractivity contribution < 1.29 is 19.5 Å². The van der Waals surface area contributed by atoms with Crippen LogP contribution in [-0.2, 0) is 14.4 Å². The average molecular weight is 326 g/mol. The SMILES string of the molecule is CCCN(CCC)C(=O)CCCC(=O)N1CCC[C@H](C(=O)O)C1. The fourth-order valence-electron chi connectivity index (χ4n) is 3.01. The van der Waals surface area contributed by atoms with Crippen molar-refractivity contribution in [2.45, 2.75) is 58.8 Å². The summed E-state index contributed by atoms with van der Waals surface area (Å²) in [6.07, 6.45) is 4.51. The van der Waals surface area contributed by atoms with Gasteiger partial charge in [-0.1, -0.05) is 13.8 Å². The molecule has 1 aliphatic rings. The van der Waals surface area contributed by atoms with E-state index in [4.69, 9.17) is 5.11 Å². The Kier molecular flexibility index (Phi) is 8.66. The standard InChI is InChI=1S/C17H30N2O4/c1-3-10-18(11-4-2)15(20)8-5-9-16(21)19-12-6-7-14(13-19)17(22)23/h14H,3-13H2,1-2H3,(H,22,23)/t14-/m0/s1. The van der Waals surface area contributed by atoms with Gasteiger partial charge < -0.3 is 14.9 Å². The lowest BCUT2D eigenvalue weighted by Gasteiger charge is -2.30. The van der Waals surface area contributed by atoms with Crippen molar-refractivity contribution in [1.29, 1.82) is 0 Å². The molecule has 0 aliphatic carbocycles. The van der Waals surface area contributed by atoms with Crippen LogP contribution < -0.4 is 0 Å². The molecule has 0 radical (unpaired) electrons. The predicted octanol–water partition coefficient (Wildman–Crippen LogP) is 2.13. The summed E-state index contributed by atoms with van der Waals surface area (Å²) < 4.78 is 0. The third-order valence-corrected chi connectivity index (χ3v) is 4.24. The van der Waals surface area contributed by atoms with Crippen LogP contribution >= 0.6 is 0 Å². The van der Waals surface area contributed by atoms with Gasteiger partial charge in [0, 0.05) is 39.0 Å². The molecule has 0 saturated carbocycles. The number of piperidine rings is 1. The lowest BCUT2D eigenvalue weighted by molar-refractivity contribution is -0.145. The summed E-state index contributed by atoms with van der Waals surface area (Å²) in [7, 11) is 0. The maximum Gasteiger partial charge on any atom is 0.308 e. The normalized spacial score (nSPS) is 17.8. The predicted molar refractivity (Wildman–Crippen MR) is 88.0 cm³/mol. The Labute approximate surface area is 138 Å². The van der Waals surface area contributed by atoms with Gasteiger partial charge in [-0.25, -0.2) is 0 Å².